The SMILES string of the molecule is C1CC2(CCN1)CC1(CCN2)CNCN1. The van der Waals surface area contributed by atoms with Crippen LogP contribution in [0.1, 0.15) is 25.7 Å². The summed E-state index contributed by atoms with van der Waals surface area (Å²) in [5.74, 6) is 0. The Labute approximate surface area is 91.6 Å². The van der Waals surface area contributed by atoms with Crippen LogP contribution in [0, 0.1) is 0 Å². The van der Waals surface area contributed by atoms with Crippen molar-refractivity contribution in [1.82, 2.24) is 21.3 Å². The predicted molar refractivity (Wildman–Crippen MR) is 60.8 cm³/mol. The van der Waals surface area contributed by atoms with Crippen LogP contribution in [0.2, 0.25) is 0 Å². The van der Waals surface area contributed by atoms with Crippen LogP contribution in [0.25, 0.3) is 0 Å². The van der Waals surface area contributed by atoms with Crippen LogP contribution in [-0.4, -0.2) is 43.9 Å². The average Bonchev–Trinajstić information content (AvgIpc) is 2.67. The van der Waals surface area contributed by atoms with E-state index >= 15 is 0 Å². The molecule has 4 nitrogen and oxygen atoms in total. The van der Waals surface area contributed by atoms with Crippen LogP contribution in [0.15, 0.2) is 0 Å². The first-order valence-electron chi connectivity index (χ1n) is 6.24. The van der Waals surface area contributed by atoms with Gasteiger partial charge in [0, 0.05) is 24.3 Å². The lowest BCUT2D eigenvalue weighted by molar-refractivity contribution is 0.125. The molecule has 1 unspecified atom stereocenters. The third kappa shape index (κ3) is 1.80. The highest BCUT2D eigenvalue weighted by Crippen LogP contribution is 2.34. The summed E-state index contributed by atoms with van der Waals surface area (Å²) in [5, 5.41) is 14.4. The maximum Gasteiger partial charge on any atom is 0.0459 e. The van der Waals surface area contributed by atoms with Gasteiger partial charge in [-0.25, -0.2) is 0 Å². The largest absolute Gasteiger partial charge is 0.317 e. The Balaban J connectivity index is 1.74. The molecule has 3 rings (SSSR count). The van der Waals surface area contributed by atoms with E-state index in [1.807, 2.05) is 0 Å². The van der Waals surface area contributed by atoms with Gasteiger partial charge >= 0.3 is 0 Å². The maximum absolute atomic E-state index is 3.78. The normalized spacial score (nSPS) is 40.0. The molecule has 1 atom stereocenters. The van der Waals surface area contributed by atoms with Crippen molar-refractivity contribution < 1.29 is 0 Å². The highest BCUT2D eigenvalue weighted by Gasteiger charge is 2.46. The zero-order chi connectivity index (χ0) is 10.2. The highest BCUT2D eigenvalue weighted by atomic mass is 15.2. The molecule has 0 bridgehead atoms. The molecule has 0 amide bonds. The number of rotatable bonds is 0. The van der Waals surface area contributed by atoms with Gasteiger partial charge in [0.1, 0.15) is 0 Å². The van der Waals surface area contributed by atoms with E-state index < -0.39 is 0 Å². The van der Waals surface area contributed by atoms with Crippen molar-refractivity contribution in [3.05, 3.63) is 0 Å². The van der Waals surface area contributed by atoms with Gasteiger partial charge in [0.15, 0.2) is 0 Å². The molecule has 0 aromatic carbocycles. The van der Waals surface area contributed by atoms with Gasteiger partial charge in [-0.2, -0.15) is 0 Å². The molecule has 15 heavy (non-hydrogen) atoms. The van der Waals surface area contributed by atoms with Gasteiger partial charge < -0.3 is 16.0 Å². The smallest absolute Gasteiger partial charge is 0.0459 e. The number of nitrogens with one attached hydrogen (secondary N) is 4. The Morgan fingerprint density at radius 1 is 0.733 bits per heavy atom. The predicted octanol–water partition coefficient (Wildman–Crippen LogP) is -0.619. The Hall–Kier alpha value is -0.160. The third-order valence-electron chi connectivity index (χ3n) is 4.39. The third-order valence-corrected chi connectivity index (χ3v) is 4.39. The summed E-state index contributed by atoms with van der Waals surface area (Å²) >= 11 is 0. The lowest BCUT2D eigenvalue weighted by Gasteiger charge is -2.49. The molecule has 0 aliphatic carbocycles. The monoisotopic (exact) mass is 210 g/mol. The standard InChI is InChI=1S/C11H22N4/c1-4-12-5-2-10(1)7-11(3-6-14-10)8-13-9-15-11/h12-15H,1-9H2. The van der Waals surface area contributed by atoms with Gasteiger partial charge in [-0.05, 0) is 45.3 Å². The van der Waals surface area contributed by atoms with E-state index in [4.69, 9.17) is 0 Å². The molecular formula is C11H22N4. The van der Waals surface area contributed by atoms with Crippen molar-refractivity contribution in [1.29, 1.82) is 0 Å². The maximum atomic E-state index is 3.78. The first-order chi connectivity index (χ1) is 7.33. The molecule has 3 heterocycles. The van der Waals surface area contributed by atoms with E-state index in [9.17, 15) is 0 Å². The molecule has 0 aromatic rings. The van der Waals surface area contributed by atoms with E-state index in [1.54, 1.807) is 0 Å². The molecule has 3 saturated heterocycles. The topological polar surface area (TPSA) is 48.1 Å². The number of hydrogen-bond donors (Lipinski definition) is 4. The Morgan fingerprint density at radius 3 is 2.27 bits per heavy atom. The van der Waals surface area contributed by atoms with Crippen molar-refractivity contribution in [2.75, 3.05) is 32.8 Å². The minimum atomic E-state index is 0.391. The van der Waals surface area contributed by atoms with Crippen molar-refractivity contribution >= 4 is 0 Å². The Bertz CT molecular complexity index is 223. The van der Waals surface area contributed by atoms with Crippen molar-refractivity contribution in [3.63, 3.8) is 0 Å². The number of hydrogen-bond acceptors (Lipinski definition) is 4. The zero-order valence-corrected chi connectivity index (χ0v) is 9.36. The molecule has 3 fully saturated rings. The molecule has 4 N–H and O–H groups in total. The second-order valence-corrected chi connectivity index (χ2v) is 5.44. The van der Waals surface area contributed by atoms with Gasteiger partial charge in [0.05, 0.1) is 0 Å². The van der Waals surface area contributed by atoms with Gasteiger partial charge in [-0.3, -0.25) is 5.32 Å². The van der Waals surface area contributed by atoms with Crippen LogP contribution in [0.5, 0.6) is 0 Å². The van der Waals surface area contributed by atoms with Crippen molar-refractivity contribution in [2.24, 2.45) is 0 Å². The van der Waals surface area contributed by atoms with Gasteiger partial charge in [0.2, 0.25) is 0 Å². The Kier molecular flexibility index (Phi) is 2.47. The van der Waals surface area contributed by atoms with E-state index in [0.717, 1.165) is 13.2 Å². The zero-order valence-electron chi connectivity index (χ0n) is 9.36. The molecule has 2 spiro atoms. The first-order valence-corrected chi connectivity index (χ1v) is 6.24. The molecular weight excluding hydrogens is 188 g/mol. The summed E-state index contributed by atoms with van der Waals surface area (Å²) in [6, 6.07) is 0. The fraction of sp³-hybridized carbons (Fsp3) is 1.00. The Morgan fingerprint density at radius 2 is 1.53 bits per heavy atom. The van der Waals surface area contributed by atoms with Crippen LogP contribution in [0.3, 0.4) is 0 Å². The minimum Gasteiger partial charge on any atom is -0.317 e. The highest BCUT2D eigenvalue weighted by molar-refractivity contribution is 5.08. The lowest BCUT2D eigenvalue weighted by atomic mass is 9.72. The van der Waals surface area contributed by atoms with E-state index in [2.05, 4.69) is 21.3 Å². The van der Waals surface area contributed by atoms with Crippen LogP contribution in [0.4, 0.5) is 0 Å². The van der Waals surface area contributed by atoms with Gasteiger partial charge in [0.25, 0.3) is 0 Å². The second-order valence-electron chi connectivity index (χ2n) is 5.44. The average molecular weight is 210 g/mol. The van der Waals surface area contributed by atoms with Crippen LogP contribution < -0.4 is 21.3 Å². The molecule has 4 heteroatoms. The summed E-state index contributed by atoms with van der Waals surface area (Å²) in [6.45, 7) is 5.68. The summed E-state index contributed by atoms with van der Waals surface area (Å²) in [7, 11) is 0. The number of piperidine rings is 2. The summed E-state index contributed by atoms with van der Waals surface area (Å²) < 4.78 is 0. The molecule has 3 aliphatic heterocycles. The molecule has 3 aliphatic rings. The molecule has 0 aromatic heterocycles. The first kappa shape index (κ1) is 10.0. The quantitative estimate of drug-likeness (QED) is 0.430. The van der Waals surface area contributed by atoms with Gasteiger partial charge in [-0.1, -0.05) is 0 Å². The van der Waals surface area contributed by atoms with Gasteiger partial charge in [-0.15, -0.1) is 0 Å². The summed E-state index contributed by atoms with van der Waals surface area (Å²) in [5.41, 5.74) is 0.811. The molecule has 0 radical (unpaired) electrons. The fourth-order valence-corrected chi connectivity index (χ4v) is 3.54. The van der Waals surface area contributed by atoms with Crippen molar-refractivity contribution in [2.45, 2.75) is 36.8 Å². The minimum absolute atomic E-state index is 0.391. The van der Waals surface area contributed by atoms with E-state index in [-0.39, 0.29) is 0 Å². The summed E-state index contributed by atoms with van der Waals surface area (Å²) in [4.78, 5) is 0. The van der Waals surface area contributed by atoms with E-state index in [1.165, 1.54) is 45.3 Å². The molecule has 86 valence electrons. The van der Waals surface area contributed by atoms with Crippen LogP contribution in [-0.2, 0) is 0 Å². The van der Waals surface area contributed by atoms with Crippen molar-refractivity contribution in [3.8, 4) is 0 Å². The van der Waals surface area contributed by atoms with Crippen LogP contribution >= 0.6 is 0 Å². The van der Waals surface area contributed by atoms with E-state index in [0.29, 0.717) is 11.1 Å². The molecule has 0 saturated carbocycles. The summed E-state index contributed by atoms with van der Waals surface area (Å²) in [6.07, 6.45) is 5.15. The lowest BCUT2D eigenvalue weighted by Crippen LogP contribution is -2.64. The fourth-order valence-electron chi connectivity index (χ4n) is 3.54. The second kappa shape index (κ2) is 3.70.